The fourth-order valence-corrected chi connectivity index (χ4v) is 21.5. The molecule has 20 aromatic rings. The highest BCUT2D eigenvalue weighted by Gasteiger charge is 2.30. The third kappa shape index (κ3) is 7.24. The second-order valence-electron chi connectivity index (χ2n) is 24.2. The lowest BCUT2D eigenvalue weighted by Crippen LogP contribution is -1.95. The predicted molar refractivity (Wildman–Crippen MR) is 385 cm³/mol. The maximum absolute atomic E-state index is 6.89. The summed E-state index contributed by atoms with van der Waals surface area (Å²) < 4.78 is 36.7. The molecule has 12 heteroatoms. The molecule has 0 aliphatic heterocycles. The van der Waals surface area contributed by atoms with Crippen LogP contribution < -0.4 is 0 Å². The first-order valence-electron chi connectivity index (χ1n) is 29.7. The standard InChI is InChI=1S/C38H24N2O2S4.C38H28N2S2/c1-17-5-9-21(10-6-17)39-29-23-15-26-24(16-25(23)41-33(29)37-31(39)35-27(45-37)13-19(3)43-35)30-34(42-26)38-32(36-28(46-38)14-20(4)44-36)40(30)22-11-7-18(2)8-12-22;1-21-5-11-25(12-6-21)39-31-17-23(3)9-15-27(31)37-36(39)30-19-32-29(20-34(30)42-37)38-35(28-16-10-24(4)18-33(28)41-38)40(32)26-13-7-22(2)8-14-26/h5-16H,1-4H3;5-20H,1-4H3. The summed E-state index contributed by atoms with van der Waals surface area (Å²) in [5.41, 5.74) is 25.9. The zero-order valence-corrected chi connectivity index (χ0v) is 54.1. The van der Waals surface area contributed by atoms with E-state index >= 15 is 0 Å². The minimum Gasteiger partial charge on any atom is -0.453 e. The molecule has 0 fully saturated rings. The largest absolute Gasteiger partial charge is 0.453 e. The summed E-state index contributed by atoms with van der Waals surface area (Å²) >= 11 is 11.3. The van der Waals surface area contributed by atoms with Crippen LogP contribution in [0.25, 0.3) is 169 Å². The molecule has 6 nitrogen and oxygen atoms in total. The van der Waals surface area contributed by atoms with Crippen LogP contribution in [0.3, 0.4) is 0 Å². The Kier molecular flexibility index (Phi) is 10.7. The zero-order valence-electron chi connectivity index (χ0n) is 49.2. The van der Waals surface area contributed by atoms with E-state index in [0.29, 0.717) is 0 Å². The Morgan fingerprint density at radius 3 is 1.12 bits per heavy atom. The molecular formula is C76H52N4O2S6. The normalized spacial score (nSPS) is 12.5. The molecule has 8 aromatic carbocycles. The number of aryl methyl sites for hydroxylation is 8. The molecule has 12 aromatic heterocycles. The molecule has 0 aliphatic rings. The van der Waals surface area contributed by atoms with E-state index in [0.717, 1.165) is 55.5 Å². The third-order valence-corrected chi connectivity index (χ3v) is 25.0. The third-order valence-electron chi connectivity index (χ3n) is 18.0. The van der Waals surface area contributed by atoms with Crippen molar-refractivity contribution in [2.24, 2.45) is 0 Å². The first kappa shape index (κ1) is 51.3. The van der Waals surface area contributed by atoms with Gasteiger partial charge in [0, 0.05) is 83.6 Å². The number of aromatic nitrogens is 4. The molecule has 0 aliphatic carbocycles. The van der Waals surface area contributed by atoms with E-state index < -0.39 is 0 Å². The molecule has 0 bridgehead atoms. The van der Waals surface area contributed by atoms with Gasteiger partial charge in [-0.05, 0) is 164 Å². The molecule has 0 saturated carbocycles. The molecule has 88 heavy (non-hydrogen) atoms. The monoisotopic (exact) mass is 1240 g/mol. The Labute approximate surface area is 527 Å². The number of nitrogens with zero attached hydrogens (tertiary/aromatic N) is 4. The molecule has 0 saturated heterocycles. The SMILES string of the molecule is Cc1ccc(-n2c3c4cc5oc6c7sc8cc(C)sc8c7n(-c7ccc(C)cc7)c6c5cc4oc3c3sc4cc(C)sc4c32)cc1.Cc1ccc(-n2c3cc(C)ccc3c3sc4cc5c6sc7cc(C)ccc7c6n(-c6ccc(C)cc6)c5cc4c32)cc1. The number of hydrogen-bond donors (Lipinski definition) is 0. The van der Waals surface area contributed by atoms with Crippen molar-refractivity contribution >= 4 is 214 Å². The average molecular weight is 1250 g/mol. The topological polar surface area (TPSA) is 46.0 Å². The van der Waals surface area contributed by atoms with E-state index in [2.05, 4.69) is 244 Å². The van der Waals surface area contributed by atoms with Gasteiger partial charge in [-0.2, -0.15) is 0 Å². The van der Waals surface area contributed by atoms with Crippen LogP contribution in [-0.2, 0) is 0 Å². The lowest BCUT2D eigenvalue weighted by Gasteiger charge is -2.10. The van der Waals surface area contributed by atoms with Crippen molar-refractivity contribution in [1.29, 1.82) is 0 Å². The summed E-state index contributed by atoms with van der Waals surface area (Å²) in [6, 6.07) is 63.4. The van der Waals surface area contributed by atoms with E-state index in [1.165, 1.54) is 156 Å². The molecular weight excluding hydrogens is 1190 g/mol. The van der Waals surface area contributed by atoms with Gasteiger partial charge in [0.2, 0.25) is 0 Å². The summed E-state index contributed by atoms with van der Waals surface area (Å²) in [6.45, 7) is 17.4. The lowest BCUT2D eigenvalue weighted by molar-refractivity contribution is 0.668. The fourth-order valence-electron chi connectivity index (χ4n) is 13.9. The van der Waals surface area contributed by atoms with Gasteiger partial charge in [0.1, 0.15) is 22.2 Å². The van der Waals surface area contributed by atoms with Crippen molar-refractivity contribution in [3.63, 3.8) is 0 Å². The van der Waals surface area contributed by atoms with Crippen molar-refractivity contribution in [1.82, 2.24) is 18.3 Å². The van der Waals surface area contributed by atoms with Gasteiger partial charge >= 0.3 is 0 Å². The van der Waals surface area contributed by atoms with Gasteiger partial charge in [0.05, 0.1) is 61.3 Å². The molecule has 12 heterocycles. The van der Waals surface area contributed by atoms with E-state index in [-0.39, 0.29) is 0 Å². The number of benzene rings is 8. The lowest BCUT2D eigenvalue weighted by atomic mass is 10.1. The van der Waals surface area contributed by atoms with Crippen LogP contribution in [0, 0.1) is 55.4 Å². The van der Waals surface area contributed by atoms with E-state index in [4.69, 9.17) is 8.83 Å². The van der Waals surface area contributed by atoms with Crippen LogP contribution in [0.2, 0.25) is 0 Å². The van der Waals surface area contributed by atoms with Gasteiger partial charge in [-0.25, -0.2) is 0 Å². The number of hydrogen-bond acceptors (Lipinski definition) is 8. The molecule has 0 N–H and O–H groups in total. The van der Waals surface area contributed by atoms with Gasteiger partial charge < -0.3 is 27.1 Å². The second kappa shape index (κ2) is 18.4. The van der Waals surface area contributed by atoms with Gasteiger partial charge in [0.25, 0.3) is 0 Å². The summed E-state index contributed by atoms with van der Waals surface area (Å²) in [7, 11) is 0. The summed E-state index contributed by atoms with van der Waals surface area (Å²) in [5.74, 6) is 0. The van der Waals surface area contributed by atoms with Crippen LogP contribution >= 0.6 is 68.0 Å². The zero-order chi connectivity index (χ0) is 58.9. The van der Waals surface area contributed by atoms with E-state index in [9.17, 15) is 0 Å². The smallest absolute Gasteiger partial charge is 0.171 e. The first-order valence-corrected chi connectivity index (χ1v) is 34.6. The number of furan rings is 2. The van der Waals surface area contributed by atoms with Gasteiger partial charge in [-0.3, -0.25) is 0 Å². The van der Waals surface area contributed by atoms with Crippen molar-refractivity contribution in [3.05, 3.63) is 213 Å². The van der Waals surface area contributed by atoms with Gasteiger partial charge in [-0.15, -0.1) is 68.0 Å². The van der Waals surface area contributed by atoms with Gasteiger partial charge in [-0.1, -0.05) is 95.1 Å². The quantitative estimate of drug-likeness (QED) is 0.176. The molecule has 0 spiro atoms. The average Bonchev–Trinajstić information content (AvgIpc) is 1.65. The highest BCUT2D eigenvalue weighted by atomic mass is 32.1. The fraction of sp³-hybridized carbons (Fsp3) is 0.105. The van der Waals surface area contributed by atoms with Crippen molar-refractivity contribution in [2.45, 2.75) is 55.4 Å². The Bertz CT molecular complexity index is 6150. The molecule has 0 unspecified atom stereocenters. The minimum absolute atomic E-state index is 0.882. The van der Waals surface area contributed by atoms with Crippen LogP contribution in [-0.4, -0.2) is 18.3 Å². The Balaban J connectivity index is 0.000000128. The van der Waals surface area contributed by atoms with Crippen LogP contribution in [0.15, 0.2) is 179 Å². The van der Waals surface area contributed by atoms with E-state index in [1.807, 2.05) is 68.0 Å². The van der Waals surface area contributed by atoms with Crippen LogP contribution in [0.4, 0.5) is 0 Å². The predicted octanol–water partition coefficient (Wildman–Crippen LogP) is 24.7. The van der Waals surface area contributed by atoms with Crippen molar-refractivity contribution in [2.75, 3.05) is 0 Å². The maximum Gasteiger partial charge on any atom is 0.171 e. The van der Waals surface area contributed by atoms with Crippen molar-refractivity contribution < 1.29 is 8.83 Å². The first-order chi connectivity index (χ1) is 42.8. The molecule has 0 atom stereocenters. The molecule has 0 radical (unpaired) electrons. The Morgan fingerprint density at radius 1 is 0.250 bits per heavy atom. The molecule has 0 amide bonds. The molecule has 424 valence electrons. The highest BCUT2D eigenvalue weighted by molar-refractivity contribution is 7.34. The summed E-state index contributed by atoms with van der Waals surface area (Å²) in [4.78, 5) is 2.66. The highest BCUT2D eigenvalue weighted by Crippen LogP contribution is 2.53. The minimum atomic E-state index is 0.882. The number of fused-ring (bicyclic) bond motifs is 24. The van der Waals surface area contributed by atoms with Crippen LogP contribution in [0.1, 0.15) is 43.1 Å². The van der Waals surface area contributed by atoms with E-state index in [1.54, 1.807) is 0 Å². The number of thiophene rings is 6. The Morgan fingerprint density at radius 2 is 0.636 bits per heavy atom. The molecule has 20 rings (SSSR count). The number of rotatable bonds is 4. The summed E-state index contributed by atoms with van der Waals surface area (Å²) in [5, 5.41) is 7.45. The van der Waals surface area contributed by atoms with Crippen LogP contribution in [0.5, 0.6) is 0 Å². The Hall–Kier alpha value is -8.72. The summed E-state index contributed by atoms with van der Waals surface area (Å²) in [6.07, 6.45) is 0. The maximum atomic E-state index is 6.89. The second-order valence-corrected chi connectivity index (χ2v) is 30.9. The van der Waals surface area contributed by atoms with Gasteiger partial charge in [0.15, 0.2) is 11.2 Å². The van der Waals surface area contributed by atoms with Crippen molar-refractivity contribution in [3.8, 4) is 22.7 Å².